The van der Waals surface area contributed by atoms with E-state index in [-0.39, 0.29) is 60.5 Å². The average molecular weight is 701 g/mol. The number of methoxy groups -OCH3 is 2. The molecule has 2 heterocycles. The van der Waals surface area contributed by atoms with Gasteiger partial charge in [-0.15, -0.1) is 0 Å². The van der Waals surface area contributed by atoms with Crippen molar-refractivity contribution in [3.63, 3.8) is 0 Å². The van der Waals surface area contributed by atoms with Crippen molar-refractivity contribution in [1.82, 2.24) is 0 Å². The topological polar surface area (TPSA) is 90.9 Å². The molecule has 274 valence electrons. The van der Waals surface area contributed by atoms with Gasteiger partial charge in [0.05, 0.1) is 36.6 Å². The highest BCUT2D eigenvalue weighted by atomic mass is 28.4. The molecule has 2 aliphatic heterocycles. The Kier molecular flexibility index (Phi) is 14.1. The molecule has 0 aromatic heterocycles. The maximum atomic E-state index is 12.8. The minimum atomic E-state index is -1.95. The fraction of sp³-hybridized carbons (Fsp3) is 0.667. The van der Waals surface area contributed by atoms with Gasteiger partial charge in [-0.25, -0.2) is 4.79 Å². The van der Waals surface area contributed by atoms with Gasteiger partial charge in [-0.2, -0.15) is 0 Å². The van der Waals surface area contributed by atoms with E-state index >= 15 is 0 Å². The molecule has 4 rings (SSSR count). The van der Waals surface area contributed by atoms with Gasteiger partial charge in [0.15, 0.2) is 14.1 Å². The van der Waals surface area contributed by atoms with Crippen LogP contribution in [-0.4, -0.2) is 84.8 Å². The Morgan fingerprint density at radius 3 is 2.24 bits per heavy atom. The molecule has 49 heavy (non-hydrogen) atoms. The monoisotopic (exact) mass is 700 g/mol. The van der Waals surface area contributed by atoms with Crippen molar-refractivity contribution in [2.24, 2.45) is 17.8 Å². The van der Waals surface area contributed by atoms with E-state index in [0.717, 1.165) is 5.56 Å². The Morgan fingerprint density at radius 1 is 0.980 bits per heavy atom. The molecule has 2 aromatic carbocycles. The van der Waals surface area contributed by atoms with Crippen LogP contribution in [-0.2, 0) is 44.2 Å². The lowest BCUT2D eigenvalue weighted by Gasteiger charge is -2.53. The van der Waals surface area contributed by atoms with Gasteiger partial charge in [-0.1, -0.05) is 90.1 Å². The van der Waals surface area contributed by atoms with Gasteiger partial charge in [-0.3, -0.25) is 0 Å². The summed E-state index contributed by atoms with van der Waals surface area (Å²) in [6.07, 6.45) is -0.636. The molecule has 9 nitrogen and oxygen atoms in total. The molecule has 0 saturated carbocycles. The Labute approximate surface area is 295 Å². The SMILES string of the molecule is COCO[C@@H]1[C@@H](C)[C@@H]([C@@H](C)[C@@H](OC)[C@H](C)CO[Si](C)(C)C(C)(C)C)O[C@]2(CC[C@H](COC(=O)c3ccccc3)O2)[C@@H]1OCc1ccccc1. The molecule has 2 fully saturated rings. The summed E-state index contributed by atoms with van der Waals surface area (Å²) in [6, 6.07) is 19.0. The average Bonchev–Trinajstić information content (AvgIpc) is 3.49. The smallest absolute Gasteiger partial charge is 0.338 e. The molecule has 0 aliphatic carbocycles. The largest absolute Gasteiger partial charge is 0.459 e. The molecule has 0 radical (unpaired) electrons. The number of hydrogen-bond donors (Lipinski definition) is 0. The van der Waals surface area contributed by atoms with Crippen molar-refractivity contribution >= 4 is 14.3 Å². The van der Waals surface area contributed by atoms with E-state index < -0.39 is 26.3 Å². The van der Waals surface area contributed by atoms with Gasteiger partial charge in [0.25, 0.3) is 0 Å². The third kappa shape index (κ3) is 9.80. The molecule has 1 spiro atoms. The van der Waals surface area contributed by atoms with Crippen LogP contribution in [0.2, 0.25) is 18.1 Å². The van der Waals surface area contributed by atoms with Crippen molar-refractivity contribution in [1.29, 1.82) is 0 Å². The van der Waals surface area contributed by atoms with E-state index in [4.69, 9.17) is 37.6 Å². The van der Waals surface area contributed by atoms with Gasteiger partial charge in [0.1, 0.15) is 19.5 Å². The van der Waals surface area contributed by atoms with Crippen molar-refractivity contribution in [3.05, 3.63) is 71.8 Å². The summed E-state index contributed by atoms with van der Waals surface area (Å²) in [5.74, 6) is -1.55. The van der Waals surface area contributed by atoms with Crippen LogP contribution in [0.25, 0.3) is 0 Å². The summed E-state index contributed by atoms with van der Waals surface area (Å²) >= 11 is 0. The first-order valence-electron chi connectivity index (χ1n) is 17.7. The zero-order chi connectivity index (χ0) is 35.8. The quantitative estimate of drug-likeness (QED) is 0.0996. The van der Waals surface area contributed by atoms with Gasteiger partial charge in [-0.05, 0) is 42.2 Å². The second-order valence-electron chi connectivity index (χ2n) is 15.4. The summed E-state index contributed by atoms with van der Waals surface area (Å²) in [7, 11) is 1.43. The highest BCUT2D eigenvalue weighted by Crippen LogP contribution is 2.48. The number of carbonyl (C=O) groups is 1. The second kappa shape index (κ2) is 17.4. The standard InChI is InChI=1S/C39H60O9Si/c1-27(23-46-49(9,10)38(4,5)6)33(42-8)28(2)34-29(3)35(45-26-41-7)36(43-24-30-17-13-11-14-18-30)39(48-34)22-21-32(47-39)25-44-37(40)31-19-15-12-16-20-31/h11-20,27-29,32-36H,21-26H2,1-10H3/t27-,28+,29+,32-,33+,34-,35-,36-,39-/m1/s1. The molecule has 0 N–H and O–H groups in total. The third-order valence-corrected chi connectivity index (χ3v) is 15.2. The number of carbonyl (C=O) groups excluding carboxylic acids is 1. The van der Waals surface area contributed by atoms with Crippen molar-refractivity contribution < 1.29 is 42.4 Å². The van der Waals surface area contributed by atoms with Gasteiger partial charge >= 0.3 is 5.97 Å². The molecule has 2 aliphatic rings. The highest BCUT2D eigenvalue weighted by Gasteiger charge is 2.60. The normalized spacial score (nSPS) is 27.9. The van der Waals surface area contributed by atoms with E-state index in [1.54, 1.807) is 26.4 Å². The minimum absolute atomic E-state index is 0.0443. The molecule has 9 atom stereocenters. The maximum Gasteiger partial charge on any atom is 0.338 e. The first kappa shape index (κ1) is 39.6. The van der Waals surface area contributed by atoms with E-state index in [0.29, 0.717) is 31.6 Å². The lowest BCUT2D eigenvalue weighted by Crippen LogP contribution is -2.65. The lowest BCUT2D eigenvalue weighted by atomic mass is 9.77. The lowest BCUT2D eigenvalue weighted by molar-refractivity contribution is -0.372. The Bertz CT molecular complexity index is 1290. The Balaban J connectivity index is 1.59. The molecular formula is C39H60O9Si. The summed E-state index contributed by atoms with van der Waals surface area (Å²) in [5, 5.41) is 0.112. The van der Waals surface area contributed by atoms with E-state index in [2.05, 4.69) is 54.6 Å². The van der Waals surface area contributed by atoms with Gasteiger partial charge in [0.2, 0.25) is 0 Å². The Hall–Kier alpha value is -2.15. The zero-order valence-electron chi connectivity index (χ0n) is 31.3. The fourth-order valence-corrected chi connectivity index (χ4v) is 7.99. The van der Waals surface area contributed by atoms with E-state index in [1.165, 1.54) is 0 Å². The number of benzene rings is 2. The summed E-state index contributed by atoms with van der Waals surface area (Å²) < 4.78 is 51.1. The van der Waals surface area contributed by atoms with Crippen LogP contribution in [0.15, 0.2) is 60.7 Å². The van der Waals surface area contributed by atoms with Crippen molar-refractivity contribution in [2.75, 3.05) is 34.2 Å². The van der Waals surface area contributed by atoms with Crippen LogP contribution in [0.1, 0.15) is 70.3 Å². The van der Waals surface area contributed by atoms with Crippen LogP contribution in [0.5, 0.6) is 0 Å². The molecule has 2 saturated heterocycles. The fourth-order valence-electron chi connectivity index (χ4n) is 6.88. The van der Waals surface area contributed by atoms with Crippen LogP contribution < -0.4 is 0 Å². The Morgan fingerprint density at radius 2 is 1.63 bits per heavy atom. The predicted octanol–water partition coefficient (Wildman–Crippen LogP) is 7.64. The molecule has 10 heteroatoms. The summed E-state index contributed by atoms with van der Waals surface area (Å²) in [4.78, 5) is 12.8. The molecule has 0 unspecified atom stereocenters. The van der Waals surface area contributed by atoms with E-state index in [9.17, 15) is 4.79 Å². The van der Waals surface area contributed by atoms with Crippen molar-refractivity contribution in [2.45, 2.75) is 115 Å². The predicted molar refractivity (Wildman–Crippen MR) is 192 cm³/mol. The maximum absolute atomic E-state index is 12.8. The molecule has 0 amide bonds. The molecule has 2 aromatic rings. The summed E-state index contributed by atoms with van der Waals surface area (Å²) in [5.41, 5.74) is 1.54. The first-order chi connectivity index (χ1) is 23.2. The highest BCUT2D eigenvalue weighted by molar-refractivity contribution is 6.74. The molecule has 0 bridgehead atoms. The number of ether oxygens (including phenoxy) is 7. The van der Waals surface area contributed by atoms with Gasteiger partial charge in [0, 0.05) is 45.0 Å². The number of esters is 1. The van der Waals surface area contributed by atoms with Gasteiger partial charge < -0.3 is 37.6 Å². The second-order valence-corrected chi connectivity index (χ2v) is 20.2. The van der Waals surface area contributed by atoms with Crippen LogP contribution in [0.3, 0.4) is 0 Å². The third-order valence-electron chi connectivity index (χ3n) is 10.7. The van der Waals surface area contributed by atoms with Crippen molar-refractivity contribution in [3.8, 4) is 0 Å². The number of hydrogen-bond acceptors (Lipinski definition) is 9. The van der Waals surface area contributed by atoms with Crippen LogP contribution in [0, 0.1) is 17.8 Å². The van der Waals surface area contributed by atoms with Crippen LogP contribution >= 0.6 is 0 Å². The zero-order valence-corrected chi connectivity index (χ0v) is 32.3. The number of rotatable bonds is 16. The first-order valence-corrected chi connectivity index (χ1v) is 20.6. The summed E-state index contributed by atoms with van der Waals surface area (Å²) in [6.45, 7) is 19.0. The van der Waals surface area contributed by atoms with Crippen LogP contribution in [0.4, 0.5) is 0 Å². The molecular weight excluding hydrogens is 641 g/mol. The minimum Gasteiger partial charge on any atom is -0.459 e. The van der Waals surface area contributed by atoms with E-state index in [1.807, 2.05) is 48.5 Å².